The van der Waals surface area contributed by atoms with Crippen LogP contribution in [-0.4, -0.2) is 26.0 Å². The first-order valence-corrected chi connectivity index (χ1v) is 5.74. The van der Waals surface area contributed by atoms with Crippen LogP contribution in [0.2, 0.25) is 0 Å². The third-order valence-corrected chi connectivity index (χ3v) is 3.17. The van der Waals surface area contributed by atoms with Crippen LogP contribution in [0.5, 0.6) is 0 Å². The van der Waals surface area contributed by atoms with Gasteiger partial charge in [-0.2, -0.15) is 0 Å². The first kappa shape index (κ1) is 11.1. The molecular formula is C13H18N2O. The molecule has 0 saturated heterocycles. The zero-order valence-corrected chi connectivity index (χ0v) is 9.62. The second-order valence-electron chi connectivity index (χ2n) is 4.58. The molecule has 0 heterocycles. The van der Waals surface area contributed by atoms with Gasteiger partial charge < -0.3 is 10.6 Å². The Morgan fingerprint density at radius 2 is 1.94 bits per heavy atom. The van der Waals surface area contributed by atoms with Crippen LogP contribution in [-0.2, 0) is 0 Å². The number of hydrogen-bond donors (Lipinski definition) is 2. The van der Waals surface area contributed by atoms with Gasteiger partial charge in [0.25, 0.3) is 5.91 Å². The van der Waals surface area contributed by atoms with E-state index in [0.717, 1.165) is 18.7 Å². The minimum absolute atomic E-state index is 0.0305. The van der Waals surface area contributed by atoms with Crippen molar-refractivity contribution < 1.29 is 4.79 Å². The summed E-state index contributed by atoms with van der Waals surface area (Å²) in [6, 6.07) is 9.37. The Kier molecular flexibility index (Phi) is 3.25. The maximum atomic E-state index is 11.8. The molecule has 1 aromatic carbocycles. The van der Waals surface area contributed by atoms with E-state index in [1.54, 1.807) is 0 Å². The molecule has 0 radical (unpaired) electrons. The second kappa shape index (κ2) is 4.66. The molecule has 1 saturated carbocycles. The van der Waals surface area contributed by atoms with Gasteiger partial charge in [-0.3, -0.25) is 4.79 Å². The number of nitrogens with one attached hydrogen (secondary N) is 2. The van der Waals surface area contributed by atoms with Crippen LogP contribution in [0.25, 0.3) is 0 Å². The summed E-state index contributed by atoms with van der Waals surface area (Å²) in [7, 11) is 1.96. The summed E-state index contributed by atoms with van der Waals surface area (Å²) >= 11 is 0. The van der Waals surface area contributed by atoms with Crippen LogP contribution in [0.4, 0.5) is 0 Å². The summed E-state index contributed by atoms with van der Waals surface area (Å²) in [5.74, 6) is 0.0305. The van der Waals surface area contributed by atoms with Crippen molar-refractivity contribution in [2.24, 2.45) is 5.41 Å². The highest BCUT2D eigenvalue weighted by atomic mass is 16.1. The second-order valence-corrected chi connectivity index (χ2v) is 4.58. The van der Waals surface area contributed by atoms with Crippen LogP contribution in [0, 0.1) is 5.41 Å². The van der Waals surface area contributed by atoms with Crippen molar-refractivity contribution in [1.82, 2.24) is 10.6 Å². The number of hydrogen-bond acceptors (Lipinski definition) is 2. The van der Waals surface area contributed by atoms with E-state index < -0.39 is 0 Å². The molecule has 2 N–H and O–H groups in total. The summed E-state index contributed by atoms with van der Waals surface area (Å²) in [6.07, 6.45) is 2.42. The van der Waals surface area contributed by atoms with E-state index in [2.05, 4.69) is 10.6 Å². The summed E-state index contributed by atoms with van der Waals surface area (Å²) in [4.78, 5) is 11.8. The average molecular weight is 218 g/mol. The van der Waals surface area contributed by atoms with E-state index in [9.17, 15) is 4.79 Å². The molecule has 1 aliphatic carbocycles. The lowest BCUT2D eigenvalue weighted by atomic mass is 10.1. The summed E-state index contributed by atoms with van der Waals surface area (Å²) in [5.41, 5.74) is 1.06. The molecule has 1 aliphatic rings. The lowest BCUT2D eigenvalue weighted by molar-refractivity contribution is 0.0945. The number of benzene rings is 1. The highest BCUT2D eigenvalue weighted by Crippen LogP contribution is 2.44. The molecular weight excluding hydrogens is 200 g/mol. The van der Waals surface area contributed by atoms with Gasteiger partial charge >= 0.3 is 0 Å². The van der Waals surface area contributed by atoms with Gasteiger partial charge in [0.1, 0.15) is 0 Å². The maximum Gasteiger partial charge on any atom is 0.251 e. The molecule has 1 amide bonds. The Labute approximate surface area is 96.2 Å². The van der Waals surface area contributed by atoms with Crippen LogP contribution in [0.1, 0.15) is 23.2 Å². The smallest absolute Gasteiger partial charge is 0.251 e. The van der Waals surface area contributed by atoms with Crippen LogP contribution in [0.15, 0.2) is 30.3 Å². The quantitative estimate of drug-likeness (QED) is 0.784. The summed E-state index contributed by atoms with van der Waals surface area (Å²) < 4.78 is 0. The Morgan fingerprint density at radius 3 is 2.50 bits per heavy atom. The summed E-state index contributed by atoms with van der Waals surface area (Å²) in [6.45, 7) is 1.77. The Balaban J connectivity index is 1.85. The molecule has 3 nitrogen and oxygen atoms in total. The number of rotatable bonds is 5. The molecule has 0 aliphatic heterocycles. The molecule has 0 bridgehead atoms. The van der Waals surface area contributed by atoms with Gasteiger partial charge in [-0.1, -0.05) is 18.2 Å². The van der Waals surface area contributed by atoms with E-state index in [1.165, 1.54) is 12.8 Å². The molecule has 16 heavy (non-hydrogen) atoms. The molecule has 1 fully saturated rings. The van der Waals surface area contributed by atoms with Gasteiger partial charge in [-0.05, 0) is 32.0 Å². The topological polar surface area (TPSA) is 41.1 Å². The Bertz CT molecular complexity index is 357. The highest BCUT2D eigenvalue weighted by Gasteiger charge is 2.41. The maximum absolute atomic E-state index is 11.8. The number of carbonyl (C=O) groups excluding carboxylic acids is 1. The van der Waals surface area contributed by atoms with Crippen molar-refractivity contribution in [2.75, 3.05) is 20.1 Å². The van der Waals surface area contributed by atoms with Crippen molar-refractivity contribution in [2.45, 2.75) is 12.8 Å². The van der Waals surface area contributed by atoms with Gasteiger partial charge in [0, 0.05) is 24.1 Å². The van der Waals surface area contributed by atoms with E-state index >= 15 is 0 Å². The minimum atomic E-state index is 0.0305. The minimum Gasteiger partial charge on any atom is -0.351 e. The molecule has 0 spiro atoms. The lowest BCUT2D eigenvalue weighted by Gasteiger charge is -2.15. The SMILES string of the molecule is CNCC1(CNC(=O)c2ccccc2)CC1. The van der Waals surface area contributed by atoms with Crippen molar-refractivity contribution in [1.29, 1.82) is 0 Å². The average Bonchev–Trinajstić information content (AvgIpc) is 3.08. The van der Waals surface area contributed by atoms with E-state index in [-0.39, 0.29) is 5.91 Å². The Hall–Kier alpha value is -1.35. The molecule has 3 heteroatoms. The largest absolute Gasteiger partial charge is 0.351 e. The number of amides is 1. The van der Waals surface area contributed by atoms with Crippen LogP contribution >= 0.6 is 0 Å². The lowest BCUT2D eigenvalue weighted by Crippen LogP contribution is -2.34. The van der Waals surface area contributed by atoms with Gasteiger partial charge in [-0.25, -0.2) is 0 Å². The highest BCUT2D eigenvalue weighted by molar-refractivity contribution is 5.94. The predicted octanol–water partition coefficient (Wildman–Crippen LogP) is 1.42. The third-order valence-electron chi connectivity index (χ3n) is 3.17. The summed E-state index contributed by atoms with van der Waals surface area (Å²) in [5, 5.41) is 6.19. The Morgan fingerprint density at radius 1 is 1.25 bits per heavy atom. The monoisotopic (exact) mass is 218 g/mol. The fourth-order valence-corrected chi connectivity index (χ4v) is 1.93. The molecule has 0 aromatic heterocycles. The van der Waals surface area contributed by atoms with E-state index in [1.807, 2.05) is 37.4 Å². The van der Waals surface area contributed by atoms with E-state index in [4.69, 9.17) is 0 Å². The molecule has 0 atom stereocenters. The van der Waals surface area contributed by atoms with Crippen LogP contribution < -0.4 is 10.6 Å². The molecule has 0 unspecified atom stereocenters. The third kappa shape index (κ3) is 2.61. The first-order valence-electron chi connectivity index (χ1n) is 5.74. The zero-order chi connectivity index (χ0) is 11.4. The zero-order valence-electron chi connectivity index (χ0n) is 9.62. The predicted molar refractivity (Wildman–Crippen MR) is 64.4 cm³/mol. The molecule has 1 aromatic rings. The normalized spacial score (nSPS) is 16.8. The number of carbonyl (C=O) groups is 1. The standard InChI is InChI=1S/C13H18N2O/c1-14-9-13(7-8-13)10-15-12(16)11-5-3-2-4-6-11/h2-6,14H,7-10H2,1H3,(H,15,16). The van der Waals surface area contributed by atoms with Gasteiger partial charge in [0.15, 0.2) is 0 Å². The molecule has 86 valence electrons. The van der Waals surface area contributed by atoms with Crippen molar-refractivity contribution in [3.63, 3.8) is 0 Å². The van der Waals surface area contributed by atoms with Crippen molar-refractivity contribution >= 4 is 5.91 Å². The van der Waals surface area contributed by atoms with Crippen molar-refractivity contribution in [3.8, 4) is 0 Å². The first-order chi connectivity index (χ1) is 7.76. The van der Waals surface area contributed by atoms with Gasteiger partial charge in [0.2, 0.25) is 0 Å². The fourth-order valence-electron chi connectivity index (χ4n) is 1.93. The van der Waals surface area contributed by atoms with Gasteiger partial charge in [-0.15, -0.1) is 0 Å². The van der Waals surface area contributed by atoms with Crippen molar-refractivity contribution in [3.05, 3.63) is 35.9 Å². The van der Waals surface area contributed by atoms with Crippen LogP contribution in [0.3, 0.4) is 0 Å². The van der Waals surface area contributed by atoms with Gasteiger partial charge in [0.05, 0.1) is 0 Å². The molecule has 2 rings (SSSR count). The fraction of sp³-hybridized carbons (Fsp3) is 0.462. The van der Waals surface area contributed by atoms with E-state index in [0.29, 0.717) is 5.41 Å².